The van der Waals surface area contributed by atoms with Gasteiger partial charge in [-0.15, -0.1) is 0 Å². The van der Waals surface area contributed by atoms with Gasteiger partial charge in [-0.1, -0.05) is 0 Å². The number of hydrogen-bond donors (Lipinski definition) is 4. The molecule has 3 amide bonds. The van der Waals surface area contributed by atoms with Gasteiger partial charge in [-0.05, 0) is 33.6 Å². The van der Waals surface area contributed by atoms with Crippen molar-refractivity contribution in [1.82, 2.24) is 10.6 Å². The smallest absolute Gasteiger partial charge is 0.315 e. The van der Waals surface area contributed by atoms with Gasteiger partial charge in [0.05, 0.1) is 0 Å². The Morgan fingerprint density at radius 1 is 1.33 bits per heavy atom. The minimum absolute atomic E-state index is 0.0699. The Labute approximate surface area is 106 Å². The lowest BCUT2D eigenvalue weighted by atomic mass is 10.1. The van der Waals surface area contributed by atoms with E-state index in [0.29, 0.717) is 12.8 Å². The molecule has 7 heteroatoms. The van der Waals surface area contributed by atoms with Gasteiger partial charge in [0.2, 0.25) is 5.91 Å². The Bertz CT molecular complexity index is 328. The molecule has 0 aliphatic carbocycles. The lowest BCUT2D eigenvalue weighted by Gasteiger charge is -2.24. The summed E-state index contributed by atoms with van der Waals surface area (Å²) in [6, 6.07) is -0.672. The number of primary amides is 1. The van der Waals surface area contributed by atoms with Crippen LogP contribution < -0.4 is 16.4 Å². The molecule has 0 saturated carbocycles. The number of carbonyl (C=O) groups is 3. The fourth-order valence-electron chi connectivity index (χ4n) is 1.24. The normalized spacial score (nSPS) is 12.6. The van der Waals surface area contributed by atoms with Gasteiger partial charge in [-0.25, -0.2) is 4.79 Å². The summed E-state index contributed by atoms with van der Waals surface area (Å²) in [4.78, 5) is 32.8. The summed E-state index contributed by atoms with van der Waals surface area (Å²) in [6.07, 6.45) is 1.10. The Morgan fingerprint density at radius 3 is 2.33 bits per heavy atom. The summed E-state index contributed by atoms with van der Waals surface area (Å²) < 4.78 is 0. The van der Waals surface area contributed by atoms with Gasteiger partial charge in [0.1, 0.15) is 5.54 Å². The van der Waals surface area contributed by atoms with E-state index in [4.69, 9.17) is 10.8 Å². The highest BCUT2D eigenvalue weighted by molar-refractivity contribution is 5.89. The predicted molar refractivity (Wildman–Crippen MR) is 65.9 cm³/mol. The predicted octanol–water partition coefficient (Wildman–Crippen LogP) is 0.193. The highest BCUT2D eigenvalue weighted by Gasteiger charge is 2.27. The second kappa shape index (κ2) is 6.83. The van der Waals surface area contributed by atoms with Gasteiger partial charge in [0, 0.05) is 12.5 Å². The first-order valence-electron chi connectivity index (χ1n) is 5.75. The van der Waals surface area contributed by atoms with Crippen LogP contribution in [0.5, 0.6) is 0 Å². The number of nitrogens with one attached hydrogen (secondary N) is 2. The molecule has 0 aliphatic heterocycles. The fraction of sp³-hybridized carbons (Fsp3) is 0.727. The van der Waals surface area contributed by atoms with E-state index in [2.05, 4.69) is 10.6 Å². The van der Waals surface area contributed by atoms with Gasteiger partial charge in [-0.3, -0.25) is 9.59 Å². The zero-order valence-electron chi connectivity index (χ0n) is 10.9. The van der Waals surface area contributed by atoms with Crippen molar-refractivity contribution in [2.24, 2.45) is 5.73 Å². The number of carboxylic acid groups (broad SMARTS) is 1. The highest BCUT2D eigenvalue weighted by Crippen LogP contribution is 2.02. The van der Waals surface area contributed by atoms with Crippen LogP contribution in [0.4, 0.5) is 4.79 Å². The van der Waals surface area contributed by atoms with Crippen molar-refractivity contribution in [2.45, 2.75) is 51.6 Å². The van der Waals surface area contributed by atoms with Crippen LogP contribution in [-0.4, -0.2) is 34.6 Å². The number of carbonyl (C=O) groups excluding carboxylic acids is 2. The summed E-state index contributed by atoms with van der Waals surface area (Å²) in [5.74, 6) is -1.49. The van der Waals surface area contributed by atoms with E-state index in [1.54, 1.807) is 6.92 Å². The molecule has 0 rings (SSSR count). The molecule has 104 valence electrons. The quantitative estimate of drug-likeness (QED) is 0.521. The zero-order chi connectivity index (χ0) is 14.3. The average molecular weight is 259 g/mol. The maximum atomic E-state index is 11.5. The van der Waals surface area contributed by atoms with Crippen LogP contribution in [0.25, 0.3) is 0 Å². The number of amides is 3. The number of carboxylic acids is 1. The van der Waals surface area contributed by atoms with E-state index in [0.717, 1.165) is 0 Å². The molecule has 18 heavy (non-hydrogen) atoms. The minimum atomic E-state index is -1.12. The SMILES string of the molecule is CC(CCCC(=O)O)NC(=O)NC(C)(C)C(N)=O. The summed E-state index contributed by atoms with van der Waals surface area (Å²) in [6.45, 7) is 4.77. The number of nitrogens with two attached hydrogens (primary N) is 1. The zero-order valence-corrected chi connectivity index (χ0v) is 10.9. The number of hydrogen-bond acceptors (Lipinski definition) is 3. The number of urea groups is 1. The van der Waals surface area contributed by atoms with Crippen molar-refractivity contribution >= 4 is 17.9 Å². The monoisotopic (exact) mass is 259 g/mol. The van der Waals surface area contributed by atoms with Crippen molar-refractivity contribution in [3.05, 3.63) is 0 Å². The van der Waals surface area contributed by atoms with Crippen LogP contribution in [-0.2, 0) is 9.59 Å². The third-order valence-electron chi connectivity index (χ3n) is 2.45. The van der Waals surface area contributed by atoms with Crippen molar-refractivity contribution in [3.8, 4) is 0 Å². The first-order valence-corrected chi connectivity index (χ1v) is 5.75. The lowest BCUT2D eigenvalue weighted by Crippen LogP contribution is -2.56. The van der Waals surface area contributed by atoms with Crippen LogP contribution in [0.3, 0.4) is 0 Å². The molecule has 0 aromatic carbocycles. The topological polar surface area (TPSA) is 122 Å². The standard InChI is InChI=1S/C11H21N3O4/c1-7(5-4-6-8(15)16)13-10(18)14-11(2,3)9(12)17/h7H,4-6H2,1-3H3,(H2,12,17)(H,15,16)(H2,13,14,18). The Hall–Kier alpha value is -1.79. The first-order chi connectivity index (χ1) is 8.15. The van der Waals surface area contributed by atoms with Crippen LogP contribution >= 0.6 is 0 Å². The first kappa shape index (κ1) is 16.2. The minimum Gasteiger partial charge on any atom is -0.481 e. The molecule has 0 fully saturated rings. The Balaban J connectivity index is 4.01. The van der Waals surface area contributed by atoms with E-state index >= 15 is 0 Å². The molecule has 1 unspecified atom stereocenters. The molecule has 0 radical (unpaired) electrons. The van der Waals surface area contributed by atoms with Gasteiger partial charge in [0.15, 0.2) is 0 Å². The molecule has 1 atom stereocenters. The largest absolute Gasteiger partial charge is 0.481 e. The Kier molecular flexibility index (Phi) is 6.15. The molecule has 7 nitrogen and oxygen atoms in total. The molecule has 0 aliphatic rings. The maximum absolute atomic E-state index is 11.5. The molecule has 0 aromatic heterocycles. The molecule has 5 N–H and O–H groups in total. The van der Waals surface area contributed by atoms with Crippen LogP contribution in [0.15, 0.2) is 0 Å². The molecular weight excluding hydrogens is 238 g/mol. The van der Waals surface area contributed by atoms with Gasteiger partial charge >= 0.3 is 12.0 Å². The summed E-state index contributed by atoms with van der Waals surface area (Å²) in [5.41, 5.74) is 4.00. The number of aliphatic carboxylic acids is 1. The van der Waals surface area contributed by atoms with Crippen molar-refractivity contribution in [2.75, 3.05) is 0 Å². The second-order valence-electron chi connectivity index (χ2n) is 4.77. The van der Waals surface area contributed by atoms with Gasteiger partial charge in [0.25, 0.3) is 0 Å². The summed E-state index contributed by atoms with van der Waals surface area (Å²) in [7, 11) is 0. The third kappa shape index (κ3) is 6.72. The van der Waals surface area contributed by atoms with E-state index in [1.807, 2.05) is 0 Å². The maximum Gasteiger partial charge on any atom is 0.315 e. The lowest BCUT2D eigenvalue weighted by molar-refractivity contribution is -0.137. The van der Waals surface area contributed by atoms with Gasteiger partial charge in [-0.2, -0.15) is 0 Å². The average Bonchev–Trinajstić information content (AvgIpc) is 2.14. The molecule has 0 aromatic rings. The van der Waals surface area contributed by atoms with Crippen molar-refractivity contribution < 1.29 is 19.5 Å². The van der Waals surface area contributed by atoms with E-state index in [1.165, 1.54) is 13.8 Å². The van der Waals surface area contributed by atoms with E-state index < -0.39 is 23.4 Å². The molecule has 0 bridgehead atoms. The van der Waals surface area contributed by atoms with Crippen LogP contribution in [0.2, 0.25) is 0 Å². The second-order valence-corrected chi connectivity index (χ2v) is 4.77. The summed E-state index contributed by atoms with van der Waals surface area (Å²) in [5, 5.41) is 13.5. The molecule has 0 heterocycles. The van der Waals surface area contributed by atoms with Crippen molar-refractivity contribution in [3.63, 3.8) is 0 Å². The highest BCUT2D eigenvalue weighted by atomic mass is 16.4. The van der Waals surface area contributed by atoms with Crippen LogP contribution in [0, 0.1) is 0 Å². The third-order valence-corrected chi connectivity index (χ3v) is 2.45. The van der Waals surface area contributed by atoms with E-state index in [9.17, 15) is 14.4 Å². The van der Waals surface area contributed by atoms with Crippen molar-refractivity contribution in [1.29, 1.82) is 0 Å². The van der Waals surface area contributed by atoms with Gasteiger partial charge < -0.3 is 21.5 Å². The van der Waals surface area contributed by atoms with E-state index in [-0.39, 0.29) is 12.5 Å². The Morgan fingerprint density at radius 2 is 1.89 bits per heavy atom. The molecule has 0 saturated heterocycles. The fourth-order valence-corrected chi connectivity index (χ4v) is 1.24. The summed E-state index contributed by atoms with van der Waals surface area (Å²) >= 11 is 0. The molecule has 0 spiro atoms. The van der Waals surface area contributed by atoms with Crippen LogP contribution in [0.1, 0.15) is 40.0 Å². The number of rotatable bonds is 7. The molecular formula is C11H21N3O4.